The number of carbonyl (C=O) groups is 3. The molecule has 0 aromatic heterocycles. The highest BCUT2D eigenvalue weighted by atomic mass is 16.4. The van der Waals surface area contributed by atoms with E-state index in [9.17, 15) is 14.4 Å². The average Bonchev–Trinajstić information content (AvgIpc) is 1.97. The first-order chi connectivity index (χ1) is 5.86. The van der Waals surface area contributed by atoms with Gasteiger partial charge in [0.1, 0.15) is 17.7 Å². The average molecular weight is 189 g/mol. The molecule has 0 bridgehead atoms. The fourth-order valence-corrected chi connectivity index (χ4v) is 0.795. The summed E-state index contributed by atoms with van der Waals surface area (Å²) in [5, 5.41) is 16.9. The minimum Gasteiger partial charge on any atom is -0.481 e. The number of ketones is 1. The number of carboxylic acids is 2. The van der Waals surface area contributed by atoms with Crippen molar-refractivity contribution in [2.45, 2.75) is 19.4 Å². The fourth-order valence-electron chi connectivity index (χ4n) is 0.795. The summed E-state index contributed by atoms with van der Waals surface area (Å²) >= 11 is 0. The van der Waals surface area contributed by atoms with Crippen LogP contribution in [0.5, 0.6) is 0 Å². The van der Waals surface area contributed by atoms with Gasteiger partial charge in [-0.05, 0) is 13.3 Å². The zero-order valence-corrected chi connectivity index (χ0v) is 7.06. The SMILES string of the molecule is CC(=O)C(CC(N)C(=O)O)C(=O)O. The number of hydrogen-bond acceptors (Lipinski definition) is 4. The van der Waals surface area contributed by atoms with Gasteiger partial charge in [-0.3, -0.25) is 14.4 Å². The van der Waals surface area contributed by atoms with Gasteiger partial charge in [0.05, 0.1) is 0 Å². The predicted molar refractivity (Wildman–Crippen MR) is 42.0 cm³/mol. The monoisotopic (exact) mass is 189 g/mol. The summed E-state index contributed by atoms with van der Waals surface area (Å²) < 4.78 is 0. The topological polar surface area (TPSA) is 118 Å². The molecule has 0 amide bonds. The highest BCUT2D eigenvalue weighted by molar-refractivity contribution is 5.97. The van der Waals surface area contributed by atoms with Gasteiger partial charge in [0.15, 0.2) is 0 Å². The molecule has 0 aromatic rings. The van der Waals surface area contributed by atoms with E-state index in [4.69, 9.17) is 15.9 Å². The van der Waals surface area contributed by atoms with Crippen LogP contribution in [0, 0.1) is 5.92 Å². The Kier molecular flexibility index (Phi) is 4.06. The molecule has 0 saturated carbocycles. The number of rotatable bonds is 5. The van der Waals surface area contributed by atoms with Crippen molar-refractivity contribution in [2.24, 2.45) is 11.7 Å². The maximum atomic E-state index is 10.7. The van der Waals surface area contributed by atoms with Crippen molar-refractivity contribution in [1.82, 2.24) is 0 Å². The second kappa shape index (κ2) is 4.56. The van der Waals surface area contributed by atoms with Crippen molar-refractivity contribution in [3.63, 3.8) is 0 Å². The third-order valence-electron chi connectivity index (χ3n) is 1.60. The van der Waals surface area contributed by atoms with E-state index in [0.29, 0.717) is 0 Å². The van der Waals surface area contributed by atoms with Gasteiger partial charge in [0, 0.05) is 0 Å². The fraction of sp³-hybridized carbons (Fsp3) is 0.571. The number of nitrogens with two attached hydrogens (primary N) is 1. The summed E-state index contributed by atoms with van der Waals surface area (Å²) in [7, 11) is 0. The van der Waals surface area contributed by atoms with E-state index in [1.807, 2.05) is 0 Å². The van der Waals surface area contributed by atoms with E-state index in [-0.39, 0.29) is 6.42 Å². The molecule has 6 nitrogen and oxygen atoms in total. The first-order valence-corrected chi connectivity index (χ1v) is 3.58. The van der Waals surface area contributed by atoms with Crippen molar-refractivity contribution in [3.05, 3.63) is 0 Å². The summed E-state index contributed by atoms with van der Waals surface area (Å²) in [6.07, 6.45) is -0.375. The molecule has 0 aliphatic carbocycles. The van der Waals surface area contributed by atoms with Crippen LogP contribution >= 0.6 is 0 Å². The largest absolute Gasteiger partial charge is 0.481 e. The van der Waals surface area contributed by atoms with Crippen molar-refractivity contribution >= 4 is 17.7 Å². The molecule has 0 aliphatic heterocycles. The van der Waals surface area contributed by atoms with Crippen LogP contribution in [0.4, 0.5) is 0 Å². The Bertz CT molecular complexity index is 223. The minimum atomic E-state index is -1.34. The Hall–Kier alpha value is -1.43. The van der Waals surface area contributed by atoms with Gasteiger partial charge in [0.2, 0.25) is 0 Å². The van der Waals surface area contributed by atoms with Crippen LogP contribution in [0.3, 0.4) is 0 Å². The molecule has 0 fully saturated rings. The summed E-state index contributed by atoms with van der Waals surface area (Å²) in [6.45, 7) is 1.09. The number of hydrogen-bond donors (Lipinski definition) is 3. The molecule has 2 atom stereocenters. The summed E-state index contributed by atoms with van der Waals surface area (Å²) in [4.78, 5) is 31.4. The smallest absolute Gasteiger partial charge is 0.320 e. The Morgan fingerprint density at radius 2 is 1.69 bits per heavy atom. The van der Waals surface area contributed by atoms with Gasteiger partial charge in [-0.1, -0.05) is 0 Å². The van der Waals surface area contributed by atoms with E-state index in [2.05, 4.69) is 0 Å². The Balaban J connectivity index is 4.35. The zero-order valence-electron chi connectivity index (χ0n) is 7.06. The maximum Gasteiger partial charge on any atom is 0.320 e. The lowest BCUT2D eigenvalue weighted by atomic mass is 9.97. The normalized spacial score (nSPS) is 14.6. The number of carbonyl (C=O) groups excluding carboxylic acids is 1. The molecule has 4 N–H and O–H groups in total. The molecular formula is C7H11NO5. The van der Waals surface area contributed by atoms with Gasteiger partial charge < -0.3 is 15.9 Å². The molecular weight excluding hydrogens is 178 g/mol. The predicted octanol–water partition coefficient (Wildman–Crippen LogP) is -0.922. The number of carboxylic acid groups (broad SMARTS) is 2. The van der Waals surface area contributed by atoms with Crippen LogP contribution in [-0.2, 0) is 14.4 Å². The van der Waals surface area contributed by atoms with Crippen LogP contribution in [0.2, 0.25) is 0 Å². The van der Waals surface area contributed by atoms with Crippen LogP contribution in [0.15, 0.2) is 0 Å². The van der Waals surface area contributed by atoms with Crippen molar-refractivity contribution in [1.29, 1.82) is 0 Å². The summed E-state index contributed by atoms with van der Waals surface area (Å²) in [6, 6.07) is -1.31. The first-order valence-electron chi connectivity index (χ1n) is 3.58. The molecule has 0 rings (SSSR count). The quantitative estimate of drug-likeness (QED) is 0.481. The van der Waals surface area contributed by atoms with Crippen molar-refractivity contribution < 1.29 is 24.6 Å². The second-order valence-corrected chi connectivity index (χ2v) is 2.68. The van der Waals surface area contributed by atoms with Crippen LogP contribution in [-0.4, -0.2) is 34.0 Å². The molecule has 74 valence electrons. The van der Waals surface area contributed by atoms with Crippen molar-refractivity contribution in [3.8, 4) is 0 Å². The highest BCUT2D eigenvalue weighted by Gasteiger charge is 2.27. The first kappa shape index (κ1) is 11.6. The Labute approximate surface area is 74.3 Å². The molecule has 0 heterocycles. The second-order valence-electron chi connectivity index (χ2n) is 2.68. The van der Waals surface area contributed by atoms with Gasteiger partial charge >= 0.3 is 11.9 Å². The molecule has 0 spiro atoms. The summed E-state index contributed by atoms with van der Waals surface area (Å²) in [5.74, 6) is -4.58. The Morgan fingerprint density at radius 1 is 1.23 bits per heavy atom. The van der Waals surface area contributed by atoms with Crippen molar-refractivity contribution in [2.75, 3.05) is 0 Å². The van der Waals surface area contributed by atoms with Gasteiger partial charge in [-0.25, -0.2) is 0 Å². The van der Waals surface area contributed by atoms with Crippen LogP contribution in [0.1, 0.15) is 13.3 Å². The molecule has 0 radical (unpaired) electrons. The standard InChI is InChI=1S/C7H11NO5/c1-3(9)4(6(10)11)2-5(8)7(12)13/h4-5H,2,8H2,1H3,(H,10,11)(H,12,13). The van der Waals surface area contributed by atoms with E-state index in [1.54, 1.807) is 0 Å². The van der Waals surface area contributed by atoms with Gasteiger partial charge in [-0.15, -0.1) is 0 Å². The Morgan fingerprint density at radius 3 is 1.92 bits per heavy atom. The third-order valence-corrected chi connectivity index (χ3v) is 1.60. The minimum absolute atomic E-state index is 0.375. The lowest BCUT2D eigenvalue weighted by molar-refractivity contribution is -0.147. The number of Topliss-reactive ketones (excluding diaryl/α,β-unsaturated/α-hetero) is 1. The summed E-state index contributed by atoms with van der Waals surface area (Å²) in [5.41, 5.74) is 5.08. The third kappa shape index (κ3) is 3.66. The van der Waals surface area contributed by atoms with E-state index in [1.165, 1.54) is 0 Å². The lowest BCUT2D eigenvalue weighted by Crippen LogP contribution is -2.36. The molecule has 0 aliphatic rings. The van der Waals surface area contributed by atoms with E-state index >= 15 is 0 Å². The van der Waals surface area contributed by atoms with E-state index < -0.39 is 29.7 Å². The van der Waals surface area contributed by atoms with Crippen LogP contribution in [0.25, 0.3) is 0 Å². The van der Waals surface area contributed by atoms with Crippen LogP contribution < -0.4 is 5.73 Å². The molecule has 13 heavy (non-hydrogen) atoms. The zero-order chi connectivity index (χ0) is 10.6. The number of aliphatic carboxylic acids is 2. The van der Waals surface area contributed by atoms with Gasteiger partial charge in [-0.2, -0.15) is 0 Å². The lowest BCUT2D eigenvalue weighted by Gasteiger charge is -2.11. The maximum absolute atomic E-state index is 10.7. The molecule has 0 saturated heterocycles. The van der Waals surface area contributed by atoms with Gasteiger partial charge in [0.25, 0.3) is 0 Å². The highest BCUT2D eigenvalue weighted by Crippen LogP contribution is 2.07. The molecule has 2 unspecified atom stereocenters. The van der Waals surface area contributed by atoms with E-state index in [0.717, 1.165) is 6.92 Å². The molecule has 6 heteroatoms. The molecule has 0 aromatic carbocycles.